The van der Waals surface area contributed by atoms with Gasteiger partial charge in [-0.2, -0.15) is 0 Å². The Labute approximate surface area is 134 Å². The second-order valence-electron chi connectivity index (χ2n) is 5.18. The minimum atomic E-state index is 0.540. The average Bonchev–Trinajstić information content (AvgIpc) is 3.03. The van der Waals surface area contributed by atoms with Crippen LogP contribution in [0.3, 0.4) is 0 Å². The molecule has 23 heavy (non-hydrogen) atoms. The molecule has 0 N–H and O–H groups in total. The topological polar surface area (TPSA) is 57.4 Å². The van der Waals surface area contributed by atoms with Crippen LogP contribution in [-0.4, -0.2) is 24.4 Å². The van der Waals surface area contributed by atoms with Gasteiger partial charge in [0.1, 0.15) is 0 Å². The third-order valence-electron chi connectivity index (χ3n) is 3.65. The lowest BCUT2D eigenvalue weighted by Gasteiger charge is -2.08. The molecule has 3 aromatic rings. The van der Waals surface area contributed by atoms with Gasteiger partial charge in [-0.05, 0) is 36.2 Å². The van der Waals surface area contributed by atoms with E-state index < -0.39 is 0 Å². The maximum absolute atomic E-state index is 5.79. The Morgan fingerprint density at radius 3 is 2.48 bits per heavy atom. The van der Waals surface area contributed by atoms with Gasteiger partial charge in [0.2, 0.25) is 11.8 Å². The van der Waals surface area contributed by atoms with Crippen LogP contribution in [0.4, 0.5) is 0 Å². The van der Waals surface area contributed by atoms with Gasteiger partial charge in [-0.1, -0.05) is 24.3 Å². The number of aromatic nitrogens is 2. The number of hydrogen-bond donors (Lipinski definition) is 0. The monoisotopic (exact) mass is 310 g/mol. The molecule has 2 aromatic carbocycles. The number of aryl methyl sites for hydroxylation is 1. The molecule has 1 heterocycles. The van der Waals surface area contributed by atoms with Gasteiger partial charge in [0.15, 0.2) is 11.5 Å². The highest BCUT2D eigenvalue weighted by Gasteiger charge is 2.12. The van der Waals surface area contributed by atoms with Crippen molar-refractivity contribution < 1.29 is 13.9 Å². The minimum absolute atomic E-state index is 0.540. The van der Waals surface area contributed by atoms with Crippen molar-refractivity contribution in [2.75, 3.05) is 14.2 Å². The van der Waals surface area contributed by atoms with Crippen molar-refractivity contribution in [3.8, 4) is 23.0 Å². The summed E-state index contributed by atoms with van der Waals surface area (Å²) in [5, 5.41) is 8.29. The van der Waals surface area contributed by atoms with Gasteiger partial charge >= 0.3 is 0 Å². The van der Waals surface area contributed by atoms with Crippen LogP contribution in [0.1, 0.15) is 17.0 Å². The average molecular weight is 310 g/mol. The summed E-state index contributed by atoms with van der Waals surface area (Å²) in [4.78, 5) is 0. The van der Waals surface area contributed by atoms with Crippen molar-refractivity contribution >= 4 is 0 Å². The van der Waals surface area contributed by atoms with Gasteiger partial charge in [-0.15, -0.1) is 10.2 Å². The minimum Gasteiger partial charge on any atom is -0.493 e. The molecule has 0 amide bonds. The molecule has 0 unspecified atom stereocenters. The smallest absolute Gasteiger partial charge is 0.248 e. The van der Waals surface area contributed by atoms with E-state index in [1.54, 1.807) is 14.2 Å². The summed E-state index contributed by atoms with van der Waals surface area (Å²) in [5.74, 6) is 2.49. The fraction of sp³-hybridized carbons (Fsp3) is 0.222. The lowest BCUT2D eigenvalue weighted by molar-refractivity contribution is 0.354. The highest BCUT2D eigenvalue weighted by atomic mass is 16.5. The molecule has 1 aromatic heterocycles. The lowest BCUT2D eigenvalue weighted by Crippen LogP contribution is -1.94. The molecule has 0 fully saturated rings. The largest absolute Gasteiger partial charge is 0.493 e. The van der Waals surface area contributed by atoms with Crippen LogP contribution in [-0.2, 0) is 6.42 Å². The van der Waals surface area contributed by atoms with Crippen molar-refractivity contribution in [3.63, 3.8) is 0 Å². The van der Waals surface area contributed by atoms with E-state index >= 15 is 0 Å². The Morgan fingerprint density at radius 2 is 1.74 bits per heavy atom. The molecular weight excluding hydrogens is 292 g/mol. The molecular formula is C18H18N2O3. The lowest BCUT2D eigenvalue weighted by atomic mass is 10.1. The summed E-state index contributed by atoms with van der Waals surface area (Å²) in [7, 11) is 3.23. The molecule has 0 saturated heterocycles. The Bertz CT molecular complexity index is 812. The molecule has 0 aliphatic carbocycles. The maximum Gasteiger partial charge on any atom is 0.248 e. The van der Waals surface area contributed by atoms with Crippen LogP contribution in [0, 0.1) is 6.92 Å². The molecule has 0 radical (unpaired) electrons. The van der Waals surface area contributed by atoms with Crippen molar-refractivity contribution in [1.29, 1.82) is 0 Å². The summed E-state index contributed by atoms with van der Waals surface area (Å²) in [6.07, 6.45) is 0.541. The standard InChI is InChI=1S/C18H18N2O3/c1-12-6-4-5-7-14(12)18-20-19-17(23-18)11-13-8-9-15(21-2)16(10-13)22-3/h4-10H,11H2,1-3H3. The van der Waals surface area contributed by atoms with Crippen LogP contribution < -0.4 is 9.47 Å². The van der Waals surface area contributed by atoms with Crippen LogP contribution in [0.2, 0.25) is 0 Å². The van der Waals surface area contributed by atoms with E-state index in [1.165, 1.54) is 0 Å². The summed E-state index contributed by atoms with van der Waals surface area (Å²) < 4.78 is 16.3. The molecule has 0 bridgehead atoms. The molecule has 0 atom stereocenters. The fourth-order valence-electron chi connectivity index (χ4n) is 2.41. The van der Waals surface area contributed by atoms with Crippen molar-refractivity contribution in [2.24, 2.45) is 0 Å². The van der Waals surface area contributed by atoms with Gasteiger partial charge in [-0.3, -0.25) is 0 Å². The molecule has 5 heteroatoms. The summed E-state index contributed by atoms with van der Waals surface area (Å²) >= 11 is 0. The van der Waals surface area contributed by atoms with Crippen LogP contribution in [0.5, 0.6) is 11.5 Å². The number of methoxy groups -OCH3 is 2. The zero-order valence-electron chi connectivity index (χ0n) is 13.4. The fourth-order valence-corrected chi connectivity index (χ4v) is 2.41. The number of benzene rings is 2. The first-order valence-corrected chi connectivity index (χ1v) is 7.30. The van der Waals surface area contributed by atoms with Crippen LogP contribution >= 0.6 is 0 Å². The highest BCUT2D eigenvalue weighted by Crippen LogP contribution is 2.29. The highest BCUT2D eigenvalue weighted by molar-refractivity contribution is 5.57. The Kier molecular flexibility index (Phi) is 4.28. The van der Waals surface area contributed by atoms with E-state index in [2.05, 4.69) is 10.2 Å². The normalized spacial score (nSPS) is 10.6. The van der Waals surface area contributed by atoms with E-state index in [0.717, 1.165) is 16.7 Å². The van der Waals surface area contributed by atoms with Gasteiger partial charge in [-0.25, -0.2) is 0 Å². The van der Waals surface area contributed by atoms with E-state index in [-0.39, 0.29) is 0 Å². The Balaban J connectivity index is 1.83. The number of rotatable bonds is 5. The quantitative estimate of drug-likeness (QED) is 0.720. The SMILES string of the molecule is COc1ccc(Cc2nnc(-c3ccccc3C)o2)cc1OC. The first-order valence-electron chi connectivity index (χ1n) is 7.30. The van der Waals surface area contributed by atoms with Crippen LogP contribution in [0.25, 0.3) is 11.5 Å². The second-order valence-corrected chi connectivity index (χ2v) is 5.18. The predicted octanol–water partition coefficient (Wildman–Crippen LogP) is 3.65. The molecule has 0 aliphatic heterocycles. The van der Waals surface area contributed by atoms with E-state index in [0.29, 0.717) is 29.7 Å². The van der Waals surface area contributed by atoms with Crippen LogP contribution in [0.15, 0.2) is 46.9 Å². The number of hydrogen-bond acceptors (Lipinski definition) is 5. The first kappa shape index (κ1) is 15.1. The summed E-state index contributed by atoms with van der Waals surface area (Å²) in [6, 6.07) is 13.7. The molecule has 0 aliphatic rings. The summed E-state index contributed by atoms with van der Waals surface area (Å²) in [6.45, 7) is 2.02. The second kappa shape index (κ2) is 6.52. The van der Waals surface area contributed by atoms with E-state index in [9.17, 15) is 0 Å². The Morgan fingerprint density at radius 1 is 0.957 bits per heavy atom. The van der Waals surface area contributed by atoms with Gasteiger partial charge < -0.3 is 13.9 Å². The molecule has 5 nitrogen and oxygen atoms in total. The molecule has 0 spiro atoms. The molecule has 0 saturated carbocycles. The number of nitrogens with zero attached hydrogens (tertiary/aromatic N) is 2. The van der Waals surface area contributed by atoms with Gasteiger partial charge in [0.25, 0.3) is 0 Å². The number of ether oxygens (including phenoxy) is 2. The third kappa shape index (κ3) is 3.18. The van der Waals surface area contributed by atoms with Gasteiger partial charge in [0, 0.05) is 5.56 Å². The molecule has 118 valence electrons. The molecule has 3 rings (SSSR count). The van der Waals surface area contributed by atoms with E-state index in [4.69, 9.17) is 13.9 Å². The van der Waals surface area contributed by atoms with E-state index in [1.807, 2.05) is 49.4 Å². The first-order chi connectivity index (χ1) is 11.2. The van der Waals surface area contributed by atoms with Gasteiger partial charge in [0.05, 0.1) is 20.6 Å². The van der Waals surface area contributed by atoms with Crippen molar-refractivity contribution in [2.45, 2.75) is 13.3 Å². The Hall–Kier alpha value is -2.82. The predicted molar refractivity (Wildman–Crippen MR) is 86.8 cm³/mol. The third-order valence-corrected chi connectivity index (χ3v) is 3.65. The zero-order valence-corrected chi connectivity index (χ0v) is 13.4. The maximum atomic E-state index is 5.79. The van der Waals surface area contributed by atoms with Crippen molar-refractivity contribution in [1.82, 2.24) is 10.2 Å². The zero-order chi connectivity index (χ0) is 16.2. The summed E-state index contributed by atoms with van der Waals surface area (Å²) in [5.41, 5.74) is 3.08. The van der Waals surface area contributed by atoms with Crippen molar-refractivity contribution in [3.05, 3.63) is 59.5 Å².